The summed E-state index contributed by atoms with van der Waals surface area (Å²) in [6.45, 7) is 0. The summed E-state index contributed by atoms with van der Waals surface area (Å²) in [6, 6.07) is 12.4. The van der Waals surface area contributed by atoms with E-state index in [2.05, 4.69) is 21.2 Å². The summed E-state index contributed by atoms with van der Waals surface area (Å²) in [6.07, 6.45) is 0.0114. The van der Waals surface area contributed by atoms with E-state index >= 15 is 0 Å². The van der Waals surface area contributed by atoms with Crippen molar-refractivity contribution in [1.29, 1.82) is 0 Å². The zero-order valence-electron chi connectivity index (χ0n) is 12.4. The van der Waals surface area contributed by atoms with Crippen LogP contribution in [0.25, 0.3) is 0 Å². The molecule has 6 nitrogen and oxygen atoms in total. The van der Waals surface area contributed by atoms with Gasteiger partial charge in [-0.25, -0.2) is 9.69 Å². The van der Waals surface area contributed by atoms with Crippen molar-refractivity contribution in [2.24, 2.45) is 0 Å². The highest BCUT2D eigenvalue weighted by Gasteiger charge is 2.39. The van der Waals surface area contributed by atoms with Crippen molar-refractivity contribution in [1.82, 2.24) is 0 Å². The molecule has 2 aromatic rings. The second kappa shape index (κ2) is 6.45. The van der Waals surface area contributed by atoms with Crippen LogP contribution in [-0.2, 0) is 9.59 Å². The van der Waals surface area contributed by atoms with Gasteiger partial charge < -0.3 is 10.4 Å². The summed E-state index contributed by atoms with van der Waals surface area (Å²) >= 11 is 3.39. The van der Waals surface area contributed by atoms with Crippen LogP contribution in [0.5, 0.6) is 0 Å². The van der Waals surface area contributed by atoms with E-state index < -0.39 is 17.9 Å². The maximum absolute atomic E-state index is 12.6. The van der Waals surface area contributed by atoms with Crippen molar-refractivity contribution >= 4 is 45.1 Å². The zero-order valence-corrected chi connectivity index (χ0v) is 14.0. The highest BCUT2D eigenvalue weighted by atomic mass is 79.9. The second-order valence-electron chi connectivity index (χ2n) is 5.30. The van der Waals surface area contributed by atoms with Gasteiger partial charge in [-0.05, 0) is 46.3 Å². The molecular weight excluding hydrogens is 376 g/mol. The van der Waals surface area contributed by atoms with E-state index in [1.54, 1.807) is 12.1 Å². The van der Waals surface area contributed by atoms with Crippen LogP contribution in [0.3, 0.4) is 0 Å². The standard InChI is InChI=1S/C17H13BrN2O4/c18-12-6-1-2-7-13(12)19-14-9-15(21)20(16(14)22)11-5-3-4-10(8-11)17(23)24/h1-8,14,19H,9H2,(H,23,24). The van der Waals surface area contributed by atoms with Gasteiger partial charge >= 0.3 is 5.97 Å². The summed E-state index contributed by atoms with van der Waals surface area (Å²) in [5, 5.41) is 12.1. The number of nitrogens with one attached hydrogen (secondary N) is 1. The van der Waals surface area contributed by atoms with Crippen LogP contribution in [0.15, 0.2) is 53.0 Å². The van der Waals surface area contributed by atoms with Gasteiger partial charge in [0, 0.05) is 10.2 Å². The molecule has 1 fully saturated rings. The summed E-state index contributed by atoms with van der Waals surface area (Å²) in [4.78, 5) is 36.9. The van der Waals surface area contributed by atoms with Crippen LogP contribution in [0.4, 0.5) is 11.4 Å². The zero-order chi connectivity index (χ0) is 17.3. The van der Waals surface area contributed by atoms with Crippen molar-refractivity contribution in [2.45, 2.75) is 12.5 Å². The van der Waals surface area contributed by atoms with Gasteiger partial charge in [-0.1, -0.05) is 18.2 Å². The van der Waals surface area contributed by atoms with Gasteiger partial charge in [0.05, 0.1) is 17.7 Å². The molecule has 122 valence electrons. The number of amides is 2. The van der Waals surface area contributed by atoms with E-state index in [1.165, 1.54) is 18.2 Å². The number of nitrogens with zero attached hydrogens (tertiary/aromatic N) is 1. The molecule has 0 radical (unpaired) electrons. The molecule has 2 aromatic carbocycles. The van der Waals surface area contributed by atoms with Crippen LogP contribution in [0.2, 0.25) is 0 Å². The molecule has 24 heavy (non-hydrogen) atoms. The van der Waals surface area contributed by atoms with Crippen molar-refractivity contribution in [2.75, 3.05) is 10.2 Å². The van der Waals surface area contributed by atoms with Crippen LogP contribution in [0, 0.1) is 0 Å². The molecule has 3 rings (SSSR count). The molecule has 0 saturated carbocycles. The number of anilines is 2. The third-order valence-electron chi connectivity index (χ3n) is 3.70. The lowest BCUT2D eigenvalue weighted by Gasteiger charge is -2.17. The third-order valence-corrected chi connectivity index (χ3v) is 4.39. The Hall–Kier alpha value is -2.67. The first-order valence-electron chi connectivity index (χ1n) is 7.18. The van der Waals surface area contributed by atoms with Gasteiger partial charge in [0.25, 0.3) is 5.91 Å². The molecule has 2 N–H and O–H groups in total. The SMILES string of the molecule is O=C(O)c1cccc(N2C(=O)CC(Nc3ccccc3Br)C2=O)c1. The Morgan fingerprint density at radius 1 is 1.17 bits per heavy atom. The predicted molar refractivity (Wildman–Crippen MR) is 92.1 cm³/mol. The van der Waals surface area contributed by atoms with Gasteiger partial charge in [0.1, 0.15) is 6.04 Å². The smallest absolute Gasteiger partial charge is 0.335 e. The van der Waals surface area contributed by atoms with E-state index in [9.17, 15) is 14.4 Å². The maximum atomic E-state index is 12.6. The fraction of sp³-hybridized carbons (Fsp3) is 0.118. The van der Waals surface area contributed by atoms with Gasteiger partial charge in [-0.2, -0.15) is 0 Å². The first kappa shape index (κ1) is 16.2. The molecule has 7 heteroatoms. The molecule has 0 aromatic heterocycles. The molecule has 0 bridgehead atoms. The number of benzene rings is 2. The van der Waals surface area contributed by atoms with Crippen LogP contribution >= 0.6 is 15.9 Å². The number of halogens is 1. The van der Waals surface area contributed by atoms with Gasteiger partial charge in [0.15, 0.2) is 0 Å². The molecule has 0 spiro atoms. The highest BCUT2D eigenvalue weighted by molar-refractivity contribution is 9.10. The topological polar surface area (TPSA) is 86.7 Å². The van der Waals surface area contributed by atoms with Crippen molar-refractivity contribution in [3.05, 3.63) is 58.6 Å². The Bertz CT molecular complexity index is 837. The largest absolute Gasteiger partial charge is 0.478 e. The predicted octanol–water partition coefficient (Wildman–Crippen LogP) is 2.89. The van der Waals surface area contributed by atoms with Crippen LogP contribution in [-0.4, -0.2) is 28.9 Å². The normalized spacial score (nSPS) is 17.2. The van der Waals surface area contributed by atoms with Crippen molar-refractivity contribution < 1.29 is 19.5 Å². The van der Waals surface area contributed by atoms with Gasteiger partial charge in [0.2, 0.25) is 5.91 Å². The van der Waals surface area contributed by atoms with Gasteiger partial charge in [-0.15, -0.1) is 0 Å². The first-order valence-corrected chi connectivity index (χ1v) is 7.98. The quantitative estimate of drug-likeness (QED) is 0.786. The molecule has 1 saturated heterocycles. The number of para-hydroxylation sites is 1. The number of carbonyl (C=O) groups excluding carboxylic acids is 2. The number of carbonyl (C=O) groups is 3. The Balaban J connectivity index is 1.86. The Kier molecular flexibility index (Phi) is 4.35. The molecule has 1 unspecified atom stereocenters. The fourth-order valence-electron chi connectivity index (χ4n) is 2.56. The Morgan fingerprint density at radius 2 is 1.92 bits per heavy atom. The highest BCUT2D eigenvalue weighted by Crippen LogP contribution is 2.28. The van der Waals surface area contributed by atoms with Crippen molar-refractivity contribution in [3.8, 4) is 0 Å². The van der Waals surface area contributed by atoms with Crippen molar-refractivity contribution in [3.63, 3.8) is 0 Å². The number of hydrogen-bond acceptors (Lipinski definition) is 4. The lowest BCUT2D eigenvalue weighted by Crippen LogP contribution is -2.35. The number of rotatable bonds is 4. The molecule has 1 aliphatic rings. The minimum atomic E-state index is -1.11. The lowest BCUT2D eigenvalue weighted by atomic mass is 10.2. The number of aromatic carboxylic acids is 1. The van der Waals surface area contributed by atoms with E-state index in [-0.39, 0.29) is 23.6 Å². The van der Waals surface area contributed by atoms with E-state index in [1.807, 2.05) is 18.2 Å². The summed E-state index contributed by atoms with van der Waals surface area (Å²) in [5.41, 5.74) is 1.00. The monoisotopic (exact) mass is 388 g/mol. The number of imide groups is 1. The number of hydrogen-bond donors (Lipinski definition) is 2. The first-order chi connectivity index (χ1) is 11.5. The summed E-state index contributed by atoms with van der Waals surface area (Å²) in [7, 11) is 0. The van der Waals surface area contributed by atoms with E-state index in [4.69, 9.17) is 5.11 Å². The fourth-order valence-corrected chi connectivity index (χ4v) is 2.96. The average Bonchev–Trinajstić information content (AvgIpc) is 2.83. The lowest BCUT2D eigenvalue weighted by molar-refractivity contribution is -0.121. The third kappa shape index (κ3) is 3.03. The van der Waals surface area contributed by atoms with E-state index in [0.717, 1.165) is 9.37 Å². The number of carboxylic acids is 1. The molecule has 0 aliphatic carbocycles. The van der Waals surface area contributed by atoms with Crippen LogP contribution in [0.1, 0.15) is 16.8 Å². The maximum Gasteiger partial charge on any atom is 0.335 e. The summed E-state index contributed by atoms with van der Waals surface area (Å²) < 4.78 is 0.788. The van der Waals surface area contributed by atoms with E-state index in [0.29, 0.717) is 5.69 Å². The molecule has 1 atom stereocenters. The minimum absolute atomic E-state index is 0.0114. The van der Waals surface area contributed by atoms with Gasteiger partial charge in [-0.3, -0.25) is 9.59 Å². The Labute approximate surface area is 146 Å². The van der Waals surface area contributed by atoms with Crippen LogP contribution < -0.4 is 10.2 Å². The number of carboxylic acid groups (broad SMARTS) is 1. The molecule has 2 amide bonds. The molecule has 1 aliphatic heterocycles. The molecular formula is C17H13BrN2O4. The Morgan fingerprint density at radius 3 is 2.62 bits per heavy atom. The molecule has 1 heterocycles. The minimum Gasteiger partial charge on any atom is -0.478 e. The summed E-state index contributed by atoms with van der Waals surface area (Å²) in [5.74, 6) is -1.88. The average molecular weight is 389 g/mol. The second-order valence-corrected chi connectivity index (χ2v) is 6.16.